The van der Waals surface area contributed by atoms with Crippen LogP contribution in [0, 0.1) is 6.92 Å². The SMILES string of the molecule is Cc1c2ccc(C(=O)O)c1OO2. The summed E-state index contributed by atoms with van der Waals surface area (Å²) in [5, 5.41) is 8.71. The summed E-state index contributed by atoms with van der Waals surface area (Å²) < 4.78 is 0. The Labute approximate surface area is 68.3 Å². The van der Waals surface area contributed by atoms with E-state index in [4.69, 9.17) is 14.9 Å². The zero-order chi connectivity index (χ0) is 8.72. The Morgan fingerprint density at radius 3 is 2.83 bits per heavy atom. The van der Waals surface area contributed by atoms with Gasteiger partial charge in [-0.3, -0.25) is 9.78 Å². The van der Waals surface area contributed by atoms with E-state index in [-0.39, 0.29) is 5.56 Å². The lowest BCUT2D eigenvalue weighted by Crippen LogP contribution is -1.99. The van der Waals surface area contributed by atoms with Gasteiger partial charge in [-0.25, -0.2) is 4.79 Å². The number of hydrogen-bond acceptors (Lipinski definition) is 3. The van der Waals surface area contributed by atoms with Gasteiger partial charge in [0.05, 0.1) is 0 Å². The Hall–Kier alpha value is -1.71. The summed E-state index contributed by atoms with van der Waals surface area (Å²) in [4.78, 5) is 20.1. The first kappa shape index (κ1) is 6.97. The van der Waals surface area contributed by atoms with E-state index in [2.05, 4.69) is 0 Å². The van der Waals surface area contributed by atoms with Crippen molar-refractivity contribution >= 4 is 5.97 Å². The van der Waals surface area contributed by atoms with Crippen molar-refractivity contribution in [3.8, 4) is 11.5 Å². The Morgan fingerprint density at radius 1 is 1.42 bits per heavy atom. The number of benzene rings is 1. The van der Waals surface area contributed by atoms with E-state index in [1.54, 1.807) is 13.0 Å². The molecule has 1 aliphatic rings. The van der Waals surface area contributed by atoms with Crippen LogP contribution in [0.5, 0.6) is 11.5 Å². The predicted octanol–water partition coefficient (Wildman–Crippen LogP) is 1.38. The monoisotopic (exact) mass is 166 g/mol. The number of fused-ring (bicyclic) bond motifs is 2. The molecular weight excluding hydrogens is 160 g/mol. The second-order valence-electron chi connectivity index (χ2n) is 2.54. The van der Waals surface area contributed by atoms with Crippen LogP contribution in [0.1, 0.15) is 15.9 Å². The van der Waals surface area contributed by atoms with Crippen molar-refractivity contribution in [1.82, 2.24) is 0 Å². The Morgan fingerprint density at radius 2 is 2.17 bits per heavy atom. The minimum Gasteiger partial charge on any atom is -0.478 e. The quantitative estimate of drug-likeness (QED) is 0.640. The van der Waals surface area contributed by atoms with Gasteiger partial charge < -0.3 is 5.11 Å². The topological polar surface area (TPSA) is 55.8 Å². The van der Waals surface area contributed by atoms with Crippen molar-refractivity contribution in [2.24, 2.45) is 0 Å². The maximum atomic E-state index is 10.6. The van der Waals surface area contributed by atoms with Gasteiger partial charge in [0, 0.05) is 5.56 Å². The van der Waals surface area contributed by atoms with Gasteiger partial charge in [-0.05, 0) is 19.1 Å². The maximum absolute atomic E-state index is 10.6. The first-order valence-electron chi connectivity index (χ1n) is 3.41. The molecule has 1 aromatic rings. The van der Waals surface area contributed by atoms with Crippen LogP contribution in [0.3, 0.4) is 0 Å². The molecule has 0 aromatic heterocycles. The van der Waals surface area contributed by atoms with E-state index in [1.807, 2.05) is 0 Å². The summed E-state index contributed by atoms with van der Waals surface area (Å²) in [6.45, 7) is 1.75. The number of aromatic carboxylic acids is 1. The Kier molecular flexibility index (Phi) is 1.24. The molecule has 1 aromatic carbocycles. The minimum absolute atomic E-state index is 0.133. The highest BCUT2D eigenvalue weighted by Crippen LogP contribution is 2.36. The molecule has 0 saturated heterocycles. The summed E-state index contributed by atoms with van der Waals surface area (Å²) in [7, 11) is 0. The van der Waals surface area contributed by atoms with Crippen LogP contribution in [-0.2, 0) is 0 Å². The number of rotatable bonds is 1. The van der Waals surface area contributed by atoms with Crippen LogP contribution in [-0.4, -0.2) is 11.1 Å². The van der Waals surface area contributed by atoms with Crippen LogP contribution in [0.25, 0.3) is 0 Å². The second-order valence-corrected chi connectivity index (χ2v) is 2.54. The van der Waals surface area contributed by atoms with E-state index < -0.39 is 5.97 Å². The number of carbonyl (C=O) groups is 1. The molecule has 1 N–H and O–H groups in total. The normalized spacial score (nSPS) is 12.1. The van der Waals surface area contributed by atoms with Gasteiger partial charge >= 0.3 is 5.97 Å². The summed E-state index contributed by atoms with van der Waals surface area (Å²) in [6, 6.07) is 3.04. The fourth-order valence-electron chi connectivity index (χ4n) is 1.13. The van der Waals surface area contributed by atoms with Crippen LogP contribution >= 0.6 is 0 Å². The maximum Gasteiger partial charge on any atom is 0.339 e. The Balaban J connectivity index is 2.64. The highest BCUT2D eigenvalue weighted by Gasteiger charge is 2.24. The molecule has 1 aliphatic heterocycles. The third kappa shape index (κ3) is 0.747. The molecule has 0 radical (unpaired) electrons. The molecule has 12 heavy (non-hydrogen) atoms. The van der Waals surface area contributed by atoms with Crippen LogP contribution in [0.2, 0.25) is 0 Å². The molecule has 2 bridgehead atoms. The van der Waals surface area contributed by atoms with E-state index in [9.17, 15) is 4.79 Å². The summed E-state index contributed by atoms with van der Waals surface area (Å²) in [5.41, 5.74) is 0.864. The van der Waals surface area contributed by atoms with Gasteiger partial charge in [0.2, 0.25) is 0 Å². The number of carboxylic acid groups (broad SMARTS) is 1. The molecular formula is C8H6O4. The van der Waals surface area contributed by atoms with Crippen LogP contribution in [0.4, 0.5) is 0 Å². The lowest BCUT2D eigenvalue weighted by molar-refractivity contribution is -0.0852. The third-order valence-electron chi connectivity index (χ3n) is 1.80. The molecule has 0 fully saturated rings. The van der Waals surface area contributed by atoms with Crippen molar-refractivity contribution in [3.63, 3.8) is 0 Å². The predicted molar refractivity (Wildman–Crippen MR) is 39.4 cm³/mol. The molecule has 0 unspecified atom stereocenters. The molecule has 0 spiro atoms. The second kappa shape index (κ2) is 2.14. The van der Waals surface area contributed by atoms with Crippen molar-refractivity contribution in [2.75, 3.05) is 0 Å². The van der Waals surface area contributed by atoms with E-state index in [1.165, 1.54) is 6.07 Å². The molecule has 62 valence electrons. The van der Waals surface area contributed by atoms with Gasteiger partial charge in [0.25, 0.3) is 0 Å². The molecule has 0 atom stereocenters. The van der Waals surface area contributed by atoms with Gasteiger partial charge in [-0.15, -0.1) is 0 Å². The number of hydrogen-bond donors (Lipinski definition) is 1. The fraction of sp³-hybridized carbons (Fsp3) is 0.125. The first-order chi connectivity index (χ1) is 5.70. The van der Waals surface area contributed by atoms with E-state index >= 15 is 0 Å². The summed E-state index contributed by atoms with van der Waals surface area (Å²) in [6.07, 6.45) is 0. The first-order valence-corrected chi connectivity index (χ1v) is 3.41. The van der Waals surface area contributed by atoms with Gasteiger partial charge in [0.1, 0.15) is 5.56 Å². The highest BCUT2D eigenvalue weighted by atomic mass is 17.2. The average Bonchev–Trinajstić information content (AvgIpc) is 2.32. The largest absolute Gasteiger partial charge is 0.478 e. The van der Waals surface area contributed by atoms with Crippen molar-refractivity contribution in [1.29, 1.82) is 0 Å². The zero-order valence-corrected chi connectivity index (χ0v) is 6.33. The fourth-order valence-corrected chi connectivity index (χ4v) is 1.13. The summed E-state index contributed by atoms with van der Waals surface area (Å²) >= 11 is 0. The molecule has 4 nitrogen and oxygen atoms in total. The molecule has 4 heteroatoms. The van der Waals surface area contributed by atoms with E-state index in [0.717, 1.165) is 5.56 Å². The van der Waals surface area contributed by atoms with E-state index in [0.29, 0.717) is 11.5 Å². The van der Waals surface area contributed by atoms with Gasteiger partial charge in [-0.1, -0.05) is 0 Å². The average molecular weight is 166 g/mol. The standard InChI is InChI=1S/C8H6O4/c1-4-6-3-2-5(8(9)10)7(4)12-11-6/h2-3H,1H3,(H,9,10). The minimum atomic E-state index is -1.01. The molecule has 2 rings (SSSR count). The van der Waals surface area contributed by atoms with Crippen molar-refractivity contribution in [3.05, 3.63) is 23.3 Å². The van der Waals surface area contributed by atoms with Crippen molar-refractivity contribution in [2.45, 2.75) is 6.92 Å². The van der Waals surface area contributed by atoms with Gasteiger partial charge in [0.15, 0.2) is 11.5 Å². The van der Waals surface area contributed by atoms with Crippen LogP contribution in [0.15, 0.2) is 12.1 Å². The zero-order valence-electron chi connectivity index (χ0n) is 6.33. The lowest BCUT2D eigenvalue weighted by atomic mass is 10.1. The lowest BCUT2D eigenvalue weighted by Gasteiger charge is -1.95. The number of carboxylic acids is 1. The van der Waals surface area contributed by atoms with Crippen LogP contribution < -0.4 is 9.78 Å². The smallest absolute Gasteiger partial charge is 0.339 e. The molecule has 0 aliphatic carbocycles. The third-order valence-corrected chi connectivity index (χ3v) is 1.80. The molecule has 0 amide bonds. The summed E-state index contributed by atoms with van der Waals surface area (Å²) in [5.74, 6) is -0.125. The molecule has 1 heterocycles. The highest BCUT2D eigenvalue weighted by molar-refractivity contribution is 5.92. The Bertz CT molecular complexity index is 356. The van der Waals surface area contributed by atoms with Crippen molar-refractivity contribution < 1.29 is 19.7 Å². The van der Waals surface area contributed by atoms with Gasteiger partial charge in [-0.2, -0.15) is 0 Å². The molecule has 0 saturated carbocycles.